The SMILES string of the molecule is CC/C=C\C/C=C\C/C=C\C/C=C\C/C=C\C/C=C\C/C=C\CCCCCCCCCCCCCCCCCCCC(=O)OC(COC(=O)CCCCCCCCCCCCCCCCCCCCCCCCCCCCCCCC)COP(=O)([O-])OCC[N+](C)(C)C. The molecule has 0 saturated carbocycles. The van der Waals surface area contributed by atoms with Crippen LogP contribution >= 0.6 is 7.82 Å². The van der Waals surface area contributed by atoms with Gasteiger partial charge in [-0.15, -0.1) is 0 Å². The molecule has 9 nitrogen and oxygen atoms in total. The Labute approximate surface area is 577 Å². The standard InChI is InChI=1S/C83H152NO8P/c1-6-8-10-12-14-16-18-20-22-24-26-28-30-32-34-36-38-39-40-41-42-43-44-45-46-48-50-52-54-56-58-60-62-64-66-68-70-72-74-76-83(86)92-81(80-91-93(87,88)90-78-77-84(3,4)5)79-89-82(85)75-73-71-69-67-65-63-61-59-57-55-53-51-49-47-37-35-33-31-29-27-25-23-21-19-17-15-13-11-9-7-2/h8,10,14,16,20,22,26,28,32,34,38-39,41-42,81H,6-7,9,11-13,15,17-19,21,23-25,27,29-31,33,35-37,40,43-80H2,1-5H3/b10-8-,16-14-,22-20-,28-26-,34-32-,39-38-,42-41-. The van der Waals surface area contributed by atoms with Crippen LogP contribution < -0.4 is 4.89 Å². The van der Waals surface area contributed by atoms with Crippen LogP contribution in [0.2, 0.25) is 0 Å². The van der Waals surface area contributed by atoms with Gasteiger partial charge in [-0.2, -0.15) is 0 Å². The van der Waals surface area contributed by atoms with Crippen molar-refractivity contribution in [2.24, 2.45) is 0 Å². The van der Waals surface area contributed by atoms with E-state index < -0.39 is 26.5 Å². The van der Waals surface area contributed by atoms with Crippen molar-refractivity contribution in [2.75, 3.05) is 47.5 Å². The fourth-order valence-corrected chi connectivity index (χ4v) is 12.4. The van der Waals surface area contributed by atoms with Crippen molar-refractivity contribution in [3.05, 3.63) is 85.1 Å². The number of hydrogen-bond acceptors (Lipinski definition) is 8. The van der Waals surface area contributed by atoms with Crippen LogP contribution in [0.5, 0.6) is 0 Å². The third kappa shape index (κ3) is 78.1. The predicted molar refractivity (Wildman–Crippen MR) is 402 cm³/mol. The van der Waals surface area contributed by atoms with Crippen molar-refractivity contribution < 1.29 is 42.1 Å². The monoisotopic (exact) mass is 1320 g/mol. The van der Waals surface area contributed by atoms with Gasteiger partial charge in [-0.05, 0) is 70.6 Å². The molecule has 2 atom stereocenters. The molecule has 0 saturated heterocycles. The van der Waals surface area contributed by atoms with E-state index in [1.54, 1.807) is 0 Å². The highest BCUT2D eigenvalue weighted by molar-refractivity contribution is 7.45. The van der Waals surface area contributed by atoms with Crippen molar-refractivity contribution in [3.8, 4) is 0 Å². The molecule has 542 valence electrons. The summed E-state index contributed by atoms with van der Waals surface area (Å²) in [4.78, 5) is 38.2. The summed E-state index contributed by atoms with van der Waals surface area (Å²) in [6, 6.07) is 0. The summed E-state index contributed by atoms with van der Waals surface area (Å²) in [5.74, 6) is -0.814. The normalized spacial score (nSPS) is 13.5. The average molecular weight is 1320 g/mol. The number of ether oxygens (including phenoxy) is 2. The lowest BCUT2D eigenvalue weighted by molar-refractivity contribution is -0.870. The molecule has 0 aliphatic rings. The van der Waals surface area contributed by atoms with Crippen LogP contribution in [0.1, 0.15) is 380 Å². The van der Waals surface area contributed by atoms with Gasteiger partial charge < -0.3 is 27.9 Å². The summed E-state index contributed by atoms with van der Waals surface area (Å²) in [6.45, 7) is 4.19. The van der Waals surface area contributed by atoms with Crippen LogP contribution in [-0.4, -0.2) is 70.0 Å². The zero-order valence-electron chi connectivity index (χ0n) is 62.0. The topological polar surface area (TPSA) is 111 Å². The van der Waals surface area contributed by atoms with E-state index >= 15 is 0 Å². The quantitative estimate of drug-likeness (QED) is 0.0195. The highest BCUT2D eigenvalue weighted by Gasteiger charge is 2.22. The number of esters is 2. The zero-order valence-corrected chi connectivity index (χ0v) is 62.8. The number of quaternary nitrogens is 1. The second-order valence-electron chi connectivity index (χ2n) is 28.1. The molecule has 0 rings (SSSR count). The number of carbonyl (C=O) groups is 2. The Kier molecular flexibility index (Phi) is 71.2. The molecule has 0 heterocycles. The first-order valence-corrected chi connectivity index (χ1v) is 41.3. The molecule has 0 aliphatic heterocycles. The first kappa shape index (κ1) is 90.2. The molecule has 0 fully saturated rings. The van der Waals surface area contributed by atoms with E-state index in [9.17, 15) is 19.0 Å². The highest BCUT2D eigenvalue weighted by atomic mass is 31.2. The van der Waals surface area contributed by atoms with Crippen molar-refractivity contribution in [1.82, 2.24) is 0 Å². The Balaban J connectivity index is 3.95. The first-order chi connectivity index (χ1) is 45.5. The molecule has 0 spiro atoms. The molecule has 0 amide bonds. The van der Waals surface area contributed by atoms with Crippen LogP contribution in [0, 0.1) is 0 Å². The van der Waals surface area contributed by atoms with E-state index in [0.29, 0.717) is 17.4 Å². The Morgan fingerprint density at radius 2 is 0.613 bits per heavy atom. The Morgan fingerprint density at radius 3 is 0.914 bits per heavy atom. The van der Waals surface area contributed by atoms with Gasteiger partial charge in [0.05, 0.1) is 27.7 Å². The lowest BCUT2D eigenvalue weighted by atomic mass is 10.0. The summed E-state index contributed by atoms with van der Waals surface area (Å²) in [5.41, 5.74) is 0. The number of likely N-dealkylation sites (N-methyl/N-ethyl adjacent to an activating group) is 1. The minimum atomic E-state index is -4.65. The summed E-state index contributed by atoms with van der Waals surface area (Å²) in [6.07, 6.45) is 101. The van der Waals surface area contributed by atoms with Gasteiger partial charge in [-0.1, -0.05) is 381 Å². The molecule has 10 heteroatoms. The number of phosphoric ester groups is 1. The highest BCUT2D eigenvalue weighted by Crippen LogP contribution is 2.38. The molecule has 0 aromatic rings. The maximum atomic E-state index is 12.9. The molecule has 0 aliphatic carbocycles. The van der Waals surface area contributed by atoms with Crippen LogP contribution in [0.4, 0.5) is 0 Å². The lowest BCUT2D eigenvalue weighted by Gasteiger charge is -2.28. The van der Waals surface area contributed by atoms with Gasteiger partial charge in [-0.3, -0.25) is 14.2 Å². The lowest BCUT2D eigenvalue weighted by Crippen LogP contribution is -2.37. The van der Waals surface area contributed by atoms with Crippen LogP contribution in [0.3, 0.4) is 0 Å². The van der Waals surface area contributed by atoms with Gasteiger partial charge in [0.2, 0.25) is 0 Å². The minimum absolute atomic E-state index is 0.0300. The maximum absolute atomic E-state index is 12.9. The van der Waals surface area contributed by atoms with Crippen LogP contribution in [0.15, 0.2) is 85.1 Å². The number of allylic oxidation sites excluding steroid dienone is 14. The van der Waals surface area contributed by atoms with Crippen molar-refractivity contribution in [2.45, 2.75) is 386 Å². The van der Waals surface area contributed by atoms with E-state index in [0.717, 1.165) is 83.5 Å². The largest absolute Gasteiger partial charge is 0.756 e. The van der Waals surface area contributed by atoms with Crippen LogP contribution in [-0.2, 0) is 32.7 Å². The smallest absolute Gasteiger partial charge is 0.306 e. The van der Waals surface area contributed by atoms with Gasteiger partial charge in [0.25, 0.3) is 7.82 Å². The third-order valence-corrected chi connectivity index (χ3v) is 18.6. The molecule has 0 radical (unpaired) electrons. The molecule has 93 heavy (non-hydrogen) atoms. The molecular formula is C83H152NO8P. The molecule has 0 bridgehead atoms. The fraction of sp³-hybridized carbons (Fsp3) is 0.807. The van der Waals surface area contributed by atoms with Gasteiger partial charge in [0.15, 0.2) is 6.10 Å². The first-order valence-electron chi connectivity index (χ1n) is 39.8. The number of carbonyl (C=O) groups excluding carboxylic acids is 2. The third-order valence-electron chi connectivity index (χ3n) is 17.7. The summed E-state index contributed by atoms with van der Waals surface area (Å²) < 4.78 is 34.4. The van der Waals surface area contributed by atoms with Gasteiger partial charge in [0.1, 0.15) is 19.8 Å². The maximum Gasteiger partial charge on any atom is 0.306 e. The fourth-order valence-electron chi connectivity index (χ4n) is 11.6. The Bertz CT molecular complexity index is 1850. The molecule has 0 N–H and O–H groups in total. The van der Waals surface area contributed by atoms with E-state index in [-0.39, 0.29) is 32.0 Å². The Morgan fingerprint density at radius 1 is 0.344 bits per heavy atom. The molecule has 0 aromatic carbocycles. The average Bonchev–Trinajstić information content (AvgIpc) is 2.01. The minimum Gasteiger partial charge on any atom is -0.756 e. The Hall–Kier alpha value is -2.81. The number of unbranched alkanes of at least 4 members (excludes halogenated alkanes) is 46. The zero-order chi connectivity index (χ0) is 67.6. The van der Waals surface area contributed by atoms with E-state index in [1.165, 1.54) is 263 Å². The molecule has 0 aromatic heterocycles. The number of rotatable bonds is 74. The number of nitrogens with zero attached hydrogens (tertiary/aromatic N) is 1. The summed E-state index contributed by atoms with van der Waals surface area (Å²) >= 11 is 0. The summed E-state index contributed by atoms with van der Waals surface area (Å²) in [7, 11) is 1.18. The van der Waals surface area contributed by atoms with Crippen molar-refractivity contribution in [1.29, 1.82) is 0 Å². The van der Waals surface area contributed by atoms with E-state index in [2.05, 4.69) is 98.9 Å². The summed E-state index contributed by atoms with van der Waals surface area (Å²) in [5, 5.41) is 0. The van der Waals surface area contributed by atoms with Gasteiger partial charge >= 0.3 is 11.9 Å². The van der Waals surface area contributed by atoms with Gasteiger partial charge in [0, 0.05) is 12.8 Å². The molecule has 2 unspecified atom stereocenters. The second kappa shape index (κ2) is 73.4. The second-order valence-corrected chi connectivity index (χ2v) is 29.5. The number of hydrogen-bond donors (Lipinski definition) is 0. The van der Waals surface area contributed by atoms with E-state index in [1.807, 2.05) is 21.1 Å². The van der Waals surface area contributed by atoms with Crippen molar-refractivity contribution in [3.63, 3.8) is 0 Å². The molecular weight excluding hydrogens is 1170 g/mol. The van der Waals surface area contributed by atoms with Crippen LogP contribution in [0.25, 0.3) is 0 Å². The van der Waals surface area contributed by atoms with Gasteiger partial charge in [-0.25, -0.2) is 0 Å². The van der Waals surface area contributed by atoms with E-state index in [4.69, 9.17) is 18.5 Å². The van der Waals surface area contributed by atoms with Crippen molar-refractivity contribution >= 4 is 19.8 Å². The predicted octanol–water partition coefficient (Wildman–Crippen LogP) is 25.8. The number of phosphoric acid groups is 1.